The average molecular weight is 354 g/mol. The fourth-order valence-corrected chi connectivity index (χ4v) is 3.15. The molecule has 0 aromatic heterocycles. The van der Waals surface area contributed by atoms with E-state index in [1.54, 1.807) is 48.5 Å². The van der Waals surface area contributed by atoms with E-state index in [1.807, 2.05) is 0 Å². The zero-order valence-electron chi connectivity index (χ0n) is 12.8. The highest BCUT2D eigenvalue weighted by Crippen LogP contribution is 2.15. The van der Waals surface area contributed by atoms with Crippen molar-refractivity contribution in [3.63, 3.8) is 0 Å². The Kier molecular flexibility index (Phi) is 4.96. The largest absolute Gasteiger partial charge is 0.368 e. The zero-order valence-corrected chi connectivity index (χ0v) is 14.4. The summed E-state index contributed by atoms with van der Waals surface area (Å²) in [5.41, 5.74) is 1.55. The van der Waals surface area contributed by atoms with Crippen molar-refractivity contribution in [1.29, 1.82) is 0 Å². The van der Waals surface area contributed by atoms with Gasteiger partial charge in [-0.15, -0.1) is 0 Å². The van der Waals surface area contributed by atoms with E-state index in [0.717, 1.165) is 23.9 Å². The van der Waals surface area contributed by atoms with Gasteiger partial charge in [-0.3, -0.25) is 0 Å². The Morgan fingerprint density at radius 1 is 0.652 bits per heavy atom. The van der Waals surface area contributed by atoms with Crippen molar-refractivity contribution in [2.24, 2.45) is 0 Å². The molecular weight excluding hydrogens is 336 g/mol. The van der Waals surface area contributed by atoms with Crippen LogP contribution in [-0.4, -0.2) is 36.0 Å². The SMILES string of the molecule is CS(=O)(=O)c1ccc(NCNc2ccc(S(C)(=O)=O)cc2)cc1. The molecule has 0 fully saturated rings. The van der Waals surface area contributed by atoms with E-state index in [-0.39, 0.29) is 9.79 Å². The van der Waals surface area contributed by atoms with Gasteiger partial charge in [0.15, 0.2) is 19.7 Å². The van der Waals surface area contributed by atoms with Gasteiger partial charge in [-0.1, -0.05) is 0 Å². The highest BCUT2D eigenvalue weighted by atomic mass is 32.2. The lowest BCUT2D eigenvalue weighted by atomic mass is 10.3. The first-order valence-electron chi connectivity index (χ1n) is 6.74. The monoisotopic (exact) mass is 354 g/mol. The van der Waals surface area contributed by atoms with Crippen LogP contribution in [0.2, 0.25) is 0 Å². The van der Waals surface area contributed by atoms with Crippen molar-refractivity contribution < 1.29 is 16.8 Å². The minimum absolute atomic E-state index is 0.271. The Morgan fingerprint density at radius 3 is 1.22 bits per heavy atom. The van der Waals surface area contributed by atoms with Gasteiger partial charge in [-0.05, 0) is 48.5 Å². The van der Waals surface area contributed by atoms with E-state index in [9.17, 15) is 16.8 Å². The molecule has 0 saturated carbocycles. The molecule has 2 aromatic rings. The van der Waals surface area contributed by atoms with Crippen LogP contribution in [-0.2, 0) is 19.7 Å². The van der Waals surface area contributed by atoms with Crippen LogP contribution in [0.15, 0.2) is 58.3 Å². The second kappa shape index (κ2) is 6.59. The third-order valence-electron chi connectivity index (χ3n) is 3.15. The molecule has 6 nitrogen and oxygen atoms in total. The summed E-state index contributed by atoms with van der Waals surface area (Å²) in [6.07, 6.45) is 2.33. The van der Waals surface area contributed by atoms with Gasteiger partial charge >= 0.3 is 0 Å². The Labute approximate surface area is 136 Å². The molecule has 8 heteroatoms. The van der Waals surface area contributed by atoms with Gasteiger partial charge in [-0.25, -0.2) is 16.8 Å². The van der Waals surface area contributed by atoms with Gasteiger partial charge in [-0.2, -0.15) is 0 Å². The lowest BCUT2D eigenvalue weighted by Crippen LogP contribution is -2.11. The molecule has 0 atom stereocenters. The molecule has 0 amide bonds. The van der Waals surface area contributed by atoms with Crippen LogP contribution in [0.25, 0.3) is 0 Å². The minimum Gasteiger partial charge on any atom is -0.368 e. The van der Waals surface area contributed by atoms with Crippen molar-refractivity contribution in [3.8, 4) is 0 Å². The fourth-order valence-electron chi connectivity index (χ4n) is 1.89. The maximum absolute atomic E-state index is 11.4. The number of benzene rings is 2. The van der Waals surface area contributed by atoms with Crippen LogP contribution >= 0.6 is 0 Å². The van der Waals surface area contributed by atoms with E-state index in [0.29, 0.717) is 6.67 Å². The number of sulfone groups is 2. The Hall–Kier alpha value is -2.06. The molecule has 0 bridgehead atoms. The van der Waals surface area contributed by atoms with Crippen LogP contribution < -0.4 is 10.6 Å². The summed E-state index contributed by atoms with van der Waals surface area (Å²) in [6.45, 7) is 0.413. The number of nitrogens with one attached hydrogen (secondary N) is 2. The minimum atomic E-state index is -3.19. The molecule has 0 unspecified atom stereocenters. The molecule has 0 spiro atoms. The topological polar surface area (TPSA) is 92.3 Å². The molecule has 0 aliphatic heterocycles. The summed E-state index contributed by atoms with van der Waals surface area (Å²) >= 11 is 0. The van der Waals surface area contributed by atoms with Gasteiger partial charge < -0.3 is 10.6 Å². The number of hydrogen-bond donors (Lipinski definition) is 2. The van der Waals surface area contributed by atoms with E-state index in [1.165, 1.54) is 0 Å². The molecule has 0 saturated heterocycles. The molecule has 0 aliphatic carbocycles. The smallest absolute Gasteiger partial charge is 0.175 e. The first kappa shape index (κ1) is 17.3. The van der Waals surface area contributed by atoms with Crippen LogP contribution in [0.3, 0.4) is 0 Å². The van der Waals surface area contributed by atoms with Crippen molar-refractivity contribution in [2.45, 2.75) is 9.79 Å². The lowest BCUT2D eigenvalue weighted by Gasteiger charge is -2.10. The van der Waals surface area contributed by atoms with E-state index in [2.05, 4.69) is 10.6 Å². The Morgan fingerprint density at radius 2 is 0.957 bits per heavy atom. The summed E-state index contributed by atoms with van der Waals surface area (Å²) in [6, 6.07) is 12.9. The van der Waals surface area contributed by atoms with Crippen molar-refractivity contribution in [3.05, 3.63) is 48.5 Å². The second-order valence-corrected chi connectivity index (χ2v) is 9.15. The second-order valence-electron chi connectivity index (χ2n) is 5.12. The summed E-state index contributed by atoms with van der Waals surface area (Å²) in [7, 11) is -6.38. The van der Waals surface area contributed by atoms with E-state index < -0.39 is 19.7 Å². The molecule has 2 aromatic carbocycles. The summed E-state index contributed by atoms with van der Waals surface area (Å²) in [5.74, 6) is 0. The first-order chi connectivity index (χ1) is 10.7. The third-order valence-corrected chi connectivity index (χ3v) is 5.41. The Balaban J connectivity index is 1.92. The normalized spacial score (nSPS) is 11.9. The first-order valence-corrected chi connectivity index (χ1v) is 10.5. The van der Waals surface area contributed by atoms with E-state index >= 15 is 0 Å². The average Bonchev–Trinajstić information content (AvgIpc) is 2.46. The predicted octanol–water partition coefficient (Wildman–Crippen LogP) is 1.98. The number of rotatable bonds is 6. The molecule has 2 rings (SSSR count). The molecular formula is C15H18N2O4S2. The molecule has 0 heterocycles. The molecule has 124 valence electrons. The van der Waals surface area contributed by atoms with Crippen LogP contribution in [0, 0.1) is 0 Å². The van der Waals surface area contributed by atoms with Gasteiger partial charge in [0.2, 0.25) is 0 Å². The van der Waals surface area contributed by atoms with Crippen molar-refractivity contribution in [2.75, 3.05) is 29.8 Å². The highest BCUT2D eigenvalue weighted by Gasteiger charge is 2.07. The van der Waals surface area contributed by atoms with Gasteiger partial charge in [0.25, 0.3) is 0 Å². The Bertz CT molecular complexity index is 797. The summed E-state index contributed by atoms with van der Waals surface area (Å²) in [4.78, 5) is 0.541. The van der Waals surface area contributed by atoms with Crippen molar-refractivity contribution >= 4 is 31.0 Å². The summed E-state index contributed by atoms with van der Waals surface area (Å²) < 4.78 is 45.5. The van der Waals surface area contributed by atoms with Crippen LogP contribution in [0.4, 0.5) is 11.4 Å². The molecule has 2 N–H and O–H groups in total. The van der Waals surface area contributed by atoms with Crippen LogP contribution in [0.1, 0.15) is 0 Å². The zero-order chi connectivity index (χ0) is 17.1. The van der Waals surface area contributed by atoms with E-state index in [4.69, 9.17) is 0 Å². The third kappa shape index (κ3) is 4.97. The van der Waals surface area contributed by atoms with Gasteiger partial charge in [0, 0.05) is 23.9 Å². The quantitative estimate of drug-likeness (QED) is 0.771. The maximum Gasteiger partial charge on any atom is 0.175 e. The number of hydrogen-bond acceptors (Lipinski definition) is 6. The molecule has 23 heavy (non-hydrogen) atoms. The van der Waals surface area contributed by atoms with Crippen LogP contribution in [0.5, 0.6) is 0 Å². The lowest BCUT2D eigenvalue weighted by molar-refractivity contribution is 0.600. The fraction of sp³-hybridized carbons (Fsp3) is 0.200. The van der Waals surface area contributed by atoms with Gasteiger partial charge in [0.1, 0.15) is 0 Å². The number of anilines is 2. The molecule has 0 radical (unpaired) electrons. The van der Waals surface area contributed by atoms with Crippen molar-refractivity contribution in [1.82, 2.24) is 0 Å². The maximum atomic E-state index is 11.4. The summed E-state index contributed by atoms with van der Waals surface area (Å²) in [5, 5.41) is 6.18. The highest BCUT2D eigenvalue weighted by molar-refractivity contribution is 7.91. The molecule has 0 aliphatic rings. The van der Waals surface area contributed by atoms with Gasteiger partial charge in [0.05, 0.1) is 16.5 Å². The predicted molar refractivity (Wildman–Crippen MR) is 91.2 cm³/mol. The standard InChI is InChI=1S/C15H18N2O4S2/c1-22(18,19)14-7-3-12(4-8-14)16-11-17-13-5-9-15(10-6-13)23(2,20)21/h3-10,16-17H,11H2,1-2H3.